The van der Waals surface area contributed by atoms with Gasteiger partial charge in [-0.25, -0.2) is 0 Å². The number of benzene rings is 2. The number of allylic oxidation sites excluding steroid dienone is 1. The molecular weight excluding hydrogens is 407 g/mol. The molecule has 160 valence electrons. The number of likely N-dealkylation sites (N-methyl/N-ethyl adjacent to an activating group) is 1. The molecule has 1 saturated heterocycles. The van der Waals surface area contributed by atoms with Crippen LogP contribution in [0, 0.1) is 11.3 Å². The molecule has 1 unspecified atom stereocenters. The van der Waals surface area contributed by atoms with Crippen molar-refractivity contribution in [1.82, 2.24) is 10.2 Å². The van der Waals surface area contributed by atoms with E-state index in [1.54, 1.807) is 6.92 Å². The zero-order chi connectivity index (χ0) is 23.0. The van der Waals surface area contributed by atoms with Crippen LogP contribution in [-0.4, -0.2) is 29.3 Å². The SMILES string of the molecule is CC(=C1NC(=O)C(C)(Cc2ccccc2)N(C)C1=O)c1cc(C(F)(F)F)ccc1C#N. The Hall–Kier alpha value is -3.60. The van der Waals surface area contributed by atoms with Gasteiger partial charge in [-0.15, -0.1) is 0 Å². The van der Waals surface area contributed by atoms with Crippen LogP contribution >= 0.6 is 0 Å². The van der Waals surface area contributed by atoms with Gasteiger partial charge in [-0.05, 0) is 48.7 Å². The molecule has 0 aromatic heterocycles. The Kier molecular flexibility index (Phi) is 5.64. The lowest BCUT2D eigenvalue weighted by Crippen LogP contribution is -2.64. The van der Waals surface area contributed by atoms with E-state index in [1.807, 2.05) is 36.4 Å². The molecule has 0 aliphatic carbocycles. The first-order chi connectivity index (χ1) is 14.5. The molecule has 5 nitrogen and oxygen atoms in total. The van der Waals surface area contributed by atoms with Crippen molar-refractivity contribution in [1.29, 1.82) is 5.26 Å². The number of rotatable bonds is 3. The van der Waals surface area contributed by atoms with E-state index < -0.39 is 29.1 Å². The van der Waals surface area contributed by atoms with Gasteiger partial charge < -0.3 is 10.2 Å². The Morgan fingerprint density at radius 1 is 1.16 bits per heavy atom. The van der Waals surface area contributed by atoms with Gasteiger partial charge in [0.15, 0.2) is 0 Å². The summed E-state index contributed by atoms with van der Waals surface area (Å²) in [5, 5.41) is 11.9. The van der Waals surface area contributed by atoms with Crippen molar-refractivity contribution in [2.24, 2.45) is 0 Å². The molecule has 3 rings (SSSR count). The molecule has 1 aliphatic heterocycles. The molecule has 1 fully saturated rings. The summed E-state index contributed by atoms with van der Waals surface area (Å²) in [4.78, 5) is 27.4. The van der Waals surface area contributed by atoms with Crippen LogP contribution < -0.4 is 5.32 Å². The average molecular weight is 427 g/mol. The van der Waals surface area contributed by atoms with Gasteiger partial charge in [0.1, 0.15) is 11.2 Å². The van der Waals surface area contributed by atoms with Crippen LogP contribution in [0.25, 0.3) is 5.57 Å². The van der Waals surface area contributed by atoms with E-state index in [2.05, 4.69) is 5.32 Å². The number of nitrogens with one attached hydrogen (secondary N) is 1. The maximum Gasteiger partial charge on any atom is 0.416 e. The van der Waals surface area contributed by atoms with Gasteiger partial charge in [0, 0.05) is 13.5 Å². The number of halogens is 3. The first kappa shape index (κ1) is 22.1. The van der Waals surface area contributed by atoms with Crippen LogP contribution in [0.3, 0.4) is 0 Å². The third-order valence-corrected chi connectivity index (χ3v) is 5.62. The highest BCUT2D eigenvalue weighted by molar-refractivity contribution is 6.10. The highest BCUT2D eigenvalue weighted by Crippen LogP contribution is 2.34. The Labute approximate surface area is 177 Å². The summed E-state index contributed by atoms with van der Waals surface area (Å²) in [7, 11) is 1.48. The molecule has 2 aromatic rings. The molecule has 1 aliphatic rings. The van der Waals surface area contributed by atoms with Crippen molar-refractivity contribution in [3.8, 4) is 6.07 Å². The number of carbonyl (C=O) groups is 2. The van der Waals surface area contributed by atoms with Crippen molar-refractivity contribution in [3.63, 3.8) is 0 Å². The van der Waals surface area contributed by atoms with Crippen LogP contribution in [0.2, 0.25) is 0 Å². The first-order valence-electron chi connectivity index (χ1n) is 9.45. The van der Waals surface area contributed by atoms with Gasteiger partial charge in [-0.1, -0.05) is 30.3 Å². The van der Waals surface area contributed by atoms with Crippen molar-refractivity contribution < 1.29 is 22.8 Å². The predicted octanol–water partition coefficient (Wildman–Crippen LogP) is 3.90. The summed E-state index contributed by atoms with van der Waals surface area (Å²) < 4.78 is 39.5. The van der Waals surface area contributed by atoms with Gasteiger partial charge in [0.2, 0.25) is 0 Å². The number of carbonyl (C=O) groups excluding carboxylic acids is 2. The second kappa shape index (κ2) is 7.91. The molecule has 1 N–H and O–H groups in total. The number of nitriles is 1. The molecule has 8 heteroatoms. The van der Waals surface area contributed by atoms with Crippen LogP contribution in [0.15, 0.2) is 54.2 Å². The maximum absolute atomic E-state index is 13.2. The van der Waals surface area contributed by atoms with Crippen molar-refractivity contribution in [2.75, 3.05) is 7.05 Å². The normalized spacial score (nSPS) is 20.9. The Bertz CT molecular complexity index is 1120. The summed E-state index contributed by atoms with van der Waals surface area (Å²) in [5.74, 6) is -1.00. The second-order valence-corrected chi connectivity index (χ2v) is 7.62. The number of piperazine rings is 1. The fourth-order valence-corrected chi connectivity index (χ4v) is 3.56. The molecule has 2 amide bonds. The predicted molar refractivity (Wildman–Crippen MR) is 108 cm³/mol. The smallest absolute Gasteiger partial charge is 0.326 e. The van der Waals surface area contributed by atoms with E-state index in [4.69, 9.17) is 0 Å². The van der Waals surface area contributed by atoms with Crippen molar-refractivity contribution in [2.45, 2.75) is 32.0 Å². The highest BCUT2D eigenvalue weighted by atomic mass is 19.4. The van der Waals surface area contributed by atoms with Gasteiger partial charge in [0.05, 0.1) is 17.2 Å². The minimum absolute atomic E-state index is 0.0275. The topological polar surface area (TPSA) is 73.2 Å². The van der Waals surface area contributed by atoms with Crippen LogP contribution in [0.4, 0.5) is 13.2 Å². The van der Waals surface area contributed by atoms with E-state index in [0.717, 1.165) is 23.8 Å². The van der Waals surface area contributed by atoms with Gasteiger partial charge in [-0.3, -0.25) is 9.59 Å². The largest absolute Gasteiger partial charge is 0.416 e. The minimum atomic E-state index is -4.61. The number of hydrogen-bond donors (Lipinski definition) is 1. The van der Waals surface area contributed by atoms with Crippen molar-refractivity contribution in [3.05, 3.63) is 76.5 Å². The summed E-state index contributed by atoms with van der Waals surface area (Å²) in [6.07, 6.45) is -4.35. The fourth-order valence-electron chi connectivity index (χ4n) is 3.56. The molecule has 0 saturated carbocycles. The lowest BCUT2D eigenvalue weighted by Gasteiger charge is -2.42. The number of hydrogen-bond acceptors (Lipinski definition) is 3. The number of amides is 2. The van der Waals surface area contributed by atoms with Crippen molar-refractivity contribution >= 4 is 17.4 Å². The molecule has 0 bridgehead atoms. The fraction of sp³-hybridized carbons (Fsp3) is 0.261. The lowest BCUT2D eigenvalue weighted by molar-refractivity contribution is -0.147. The van der Waals surface area contributed by atoms with Crippen LogP contribution in [0.5, 0.6) is 0 Å². The third kappa shape index (κ3) is 4.04. The Morgan fingerprint density at radius 3 is 2.39 bits per heavy atom. The standard InChI is InChI=1S/C23H20F3N3O2/c1-14(18-11-17(23(24,25)26)10-9-16(18)13-27)19-20(30)29(3)22(2,21(31)28-19)12-15-7-5-4-6-8-15/h4-11H,12H2,1-3H3,(H,28,31). The molecule has 1 atom stereocenters. The molecule has 2 aromatic carbocycles. The van der Waals surface area contributed by atoms with E-state index in [1.165, 1.54) is 18.9 Å². The summed E-state index contributed by atoms with van der Waals surface area (Å²) >= 11 is 0. The summed E-state index contributed by atoms with van der Waals surface area (Å²) in [6.45, 7) is 3.04. The van der Waals surface area contributed by atoms with E-state index in [9.17, 15) is 28.0 Å². The van der Waals surface area contributed by atoms with Gasteiger partial charge in [-0.2, -0.15) is 18.4 Å². The van der Waals surface area contributed by atoms with E-state index >= 15 is 0 Å². The molecule has 0 spiro atoms. The van der Waals surface area contributed by atoms with E-state index in [0.29, 0.717) is 0 Å². The quantitative estimate of drug-likeness (QED) is 0.756. The minimum Gasteiger partial charge on any atom is -0.326 e. The van der Waals surface area contributed by atoms with Crippen LogP contribution in [-0.2, 0) is 22.2 Å². The van der Waals surface area contributed by atoms with Crippen LogP contribution in [0.1, 0.15) is 36.1 Å². The Balaban J connectivity index is 2.05. The molecule has 1 heterocycles. The maximum atomic E-state index is 13.2. The third-order valence-electron chi connectivity index (χ3n) is 5.62. The molecular formula is C23H20F3N3O2. The monoisotopic (exact) mass is 427 g/mol. The second-order valence-electron chi connectivity index (χ2n) is 7.62. The number of nitrogens with zero attached hydrogens (tertiary/aromatic N) is 2. The Morgan fingerprint density at radius 2 is 1.81 bits per heavy atom. The van der Waals surface area contributed by atoms with Gasteiger partial charge >= 0.3 is 6.18 Å². The summed E-state index contributed by atoms with van der Waals surface area (Å²) in [6, 6.07) is 13.7. The zero-order valence-electron chi connectivity index (χ0n) is 17.2. The average Bonchev–Trinajstić information content (AvgIpc) is 2.74. The van der Waals surface area contributed by atoms with Gasteiger partial charge in [0.25, 0.3) is 11.8 Å². The molecule has 31 heavy (non-hydrogen) atoms. The zero-order valence-corrected chi connectivity index (χ0v) is 17.2. The lowest BCUT2D eigenvalue weighted by atomic mass is 9.86. The number of alkyl halides is 3. The van der Waals surface area contributed by atoms with E-state index in [-0.39, 0.29) is 28.8 Å². The first-order valence-corrected chi connectivity index (χ1v) is 9.45. The summed E-state index contributed by atoms with van der Waals surface area (Å²) in [5.41, 5.74) is -1.41. The molecule has 0 radical (unpaired) electrons. The highest BCUT2D eigenvalue weighted by Gasteiger charge is 2.46.